The molecular weight excluding hydrogens is 313 g/mol. The second-order valence-corrected chi connectivity index (χ2v) is 7.92. The van der Waals surface area contributed by atoms with Crippen molar-refractivity contribution in [3.63, 3.8) is 0 Å². The van der Waals surface area contributed by atoms with Crippen molar-refractivity contribution in [3.8, 4) is 0 Å². The number of nitrogens with zero attached hydrogens (tertiary/aromatic N) is 1. The first kappa shape index (κ1) is 16.1. The Morgan fingerprint density at radius 1 is 1.13 bits per heavy atom. The van der Waals surface area contributed by atoms with E-state index in [1.54, 1.807) is 31.2 Å². The van der Waals surface area contributed by atoms with Gasteiger partial charge in [0.1, 0.15) is 5.82 Å². The minimum atomic E-state index is -3.64. The summed E-state index contributed by atoms with van der Waals surface area (Å²) in [5, 5.41) is 0. The SMILES string of the molecule is Cc1ccc(C)c(S(=O)(=O)N2CCC[C@@H]2c2ccccc2F)c1. The topological polar surface area (TPSA) is 37.4 Å². The van der Waals surface area contributed by atoms with Crippen LogP contribution in [0, 0.1) is 19.7 Å². The molecule has 0 unspecified atom stereocenters. The fourth-order valence-corrected chi connectivity index (χ4v) is 5.18. The lowest BCUT2D eigenvalue weighted by Crippen LogP contribution is -2.31. The average Bonchev–Trinajstić information content (AvgIpc) is 3.00. The largest absolute Gasteiger partial charge is 0.243 e. The molecule has 1 saturated heterocycles. The van der Waals surface area contributed by atoms with Gasteiger partial charge < -0.3 is 0 Å². The predicted octanol–water partition coefficient (Wildman–Crippen LogP) is 3.97. The molecule has 0 bridgehead atoms. The molecule has 0 spiro atoms. The van der Waals surface area contributed by atoms with E-state index in [1.807, 2.05) is 19.1 Å². The van der Waals surface area contributed by atoms with Crippen molar-refractivity contribution in [2.75, 3.05) is 6.54 Å². The van der Waals surface area contributed by atoms with Crippen molar-refractivity contribution in [1.29, 1.82) is 0 Å². The Kier molecular flexibility index (Phi) is 4.25. The highest BCUT2D eigenvalue weighted by Gasteiger charge is 2.37. The van der Waals surface area contributed by atoms with Crippen LogP contribution in [-0.2, 0) is 10.0 Å². The third-order valence-corrected chi connectivity index (χ3v) is 6.45. The van der Waals surface area contributed by atoms with Gasteiger partial charge in [-0.15, -0.1) is 0 Å². The van der Waals surface area contributed by atoms with Gasteiger partial charge >= 0.3 is 0 Å². The third-order valence-electron chi connectivity index (χ3n) is 4.40. The van der Waals surface area contributed by atoms with Gasteiger partial charge in [0, 0.05) is 12.1 Å². The van der Waals surface area contributed by atoms with E-state index in [0.717, 1.165) is 17.5 Å². The van der Waals surface area contributed by atoms with Gasteiger partial charge in [-0.05, 0) is 49.9 Å². The van der Waals surface area contributed by atoms with Crippen molar-refractivity contribution in [1.82, 2.24) is 4.31 Å². The minimum absolute atomic E-state index is 0.320. The van der Waals surface area contributed by atoms with Crippen LogP contribution < -0.4 is 0 Å². The van der Waals surface area contributed by atoms with E-state index >= 15 is 0 Å². The van der Waals surface area contributed by atoms with Gasteiger partial charge in [0.15, 0.2) is 0 Å². The molecule has 0 aliphatic carbocycles. The average molecular weight is 333 g/mol. The first-order valence-corrected chi connectivity index (χ1v) is 9.19. The Balaban J connectivity index is 2.05. The molecule has 1 fully saturated rings. The quantitative estimate of drug-likeness (QED) is 0.852. The highest BCUT2D eigenvalue weighted by atomic mass is 32.2. The van der Waals surface area contributed by atoms with E-state index in [1.165, 1.54) is 10.4 Å². The van der Waals surface area contributed by atoms with E-state index in [0.29, 0.717) is 23.4 Å². The van der Waals surface area contributed by atoms with Gasteiger partial charge in [0.25, 0.3) is 0 Å². The van der Waals surface area contributed by atoms with Crippen molar-refractivity contribution < 1.29 is 12.8 Å². The van der Waals surface area contributed by atoms with Gasteiger partial charge in [0.05, 0.1) is 10.9 Å². The van der Waals surface area contributed by atoms with Crippen LogP contribution >= 0.6 is 0 Å². The molecule has 1 atom stereocenters. The van der Waals surface area contributed by atoms with Crippen LogP contribution in [0.1, 0.15) is 35.6 Å². The highest BCUT2D eigenvalue weighted by Crippen LogP contribution is 2.38. The summed E-state index contributed by atoms with van der Waals surface area (Å²) in [6, 6.07) is 11.4. The fraction of sp³-hybridized carbons (Fsp3) is 0.333. The lowest BCUT2D eigenvalue weighted by molar-refractivity contribution is 0.386. The van der Waals surface area contributed by atoms with Crippen LogP contribution in [-0.4, -0.2) is 19.3 Å². The van der Waals surface area contributed by atoms with Crippen molar-refractivity contribution in [3.05, 3.63) is 65.0 Å². The van der Waals surface area contributed by atoms with Crippen LogP contribution in [0.25, 0.3) is 0 Å². The smallest absolute Gasteiger partial charge is 0.207 e. The molecule has 1 heterocycles. The Labute approximate surface area is 136 Å². The Morgan fingerprint density at radius 2 is 1.87 bits per heavy atom. The van der Waals surface area contributed by atoms with Gasteiger partial charge in [-0.25, -0.2) is 12.8 Å². The van der Waals surface area contributed by atoms with Gasteiger partial charge in [-0.1, -0.05) is 30.3 Å². The first-order chi connectivity index (χ1) is 10.9. The van der Waals surface area contributed by atoms with Crippen molar-refractivity contribution >= 4 is 10.0 Å². The number of rotatable bonds is 3. The second-order valence-electron chi connectivity index (χ2n) is 6.06. The van der Waals surface area contributed by atoms with E-state index in [2.05, 4.69) is 0 Å². The number of hydrogen-bond donors (Lipinski definition) is 0. The summed E-state index contributed by atoms with van der Waals surface area (Å²) >= 11 is 0. The normalized spacial score (nSPS) is 19.2. The van der Waals surface area contributed by atoms with E-state index in [4.69, 9.17) is 0 Å². The van der Waals surface area contributed by atoms with Crippen LogP contribution in [0.4, 0.5) is 4.39 Å². The highest BCUT2D eigenvalue weighted by molar-refractivity contribution is 7.89. The van der Waals surface area contributed by atoms with Crippen LogP contribution in [0.2, 0.25) is 0 Å². The summed E-state index contributed by atoms with van der Waals surface area (Å²) in [6.07, 6.45) is 1.38. The standard InChI is InChI=1S/C18H20FNO2S/c1-13-9-10-14(2)18(12-13)23(21,22)20-11-5-8-17(20)15-6-3-4-7-16(15)19/h3-4,6-7,9-10,12,17H,5,8,11H2,1-2H3/t17-/m1/s1. The summed E-state index contributed by atoms with van der Waals surface area (Å²) in [5.74, 6) is -0.347. The Bertz CT molecular complexity index is 833. The van der Waals surface area contributed by atoms with Gasteiger partial charge in [-0.3, -0.25) is 0 Å². The molecule has 1 aliphatic rings. The number of sulfonamides is 1. The van der Waals surface area contributed by atoms with Crippen LogP contribution in [0.5, 0.6) is 0 Å². The maximum absolute atomic E-state index is 14.1. The zero-order chi connectivity index (χ0) is 16.6. The van der Waals surface area contributed by atoms with E-state index in [-0.39, 0.29) is 5.82 Å². The first-order valence-electron chi connectivity index (χ1n) is 7.75. The number of halogens is 1. The fourth-order valence-electron chi connectivity index (χ4n) is 3.20. The predicted molar refractivity (Wildman–Crippen MR) is 88.2 cm³/mol. The minimum Gasteiger partial charge on any atom is -0.207 e. The lowest BCUT2D eigenvalue weighted by Gasteiger charge is -2.25. The molecule has 5 heteroatoms. The molecule has 0 radical (unpaired) electrons. The molecular formula is C18H20FNO2S. The number of hydrogen-bond acceptors (Lipinski definition) is 2. The summed E-state index contributed by atoms with van der Waals surface area (Å²) in [6.45, 7) is 4.09. The van der Waals surface area contributed by atoms with Gasteiger partial charge in [-0.2, -0.15) is 4.31 Å². The summed E-state index contributed by atoms with van der Waals surface area (Å²) < 4.78 is 41.8. The Hall–Kier alpha value is -1.72. The lowest BCUT2D eigenvalue weighted by atomic mass is 10.1. The van der Waals surface area contributed by atoms with Crippen molar-refractivity contribution in [2.45, 2.75) is 37.6 Å². The maximum Gasteiger partial charge on any atom is 0.243 e. The van der Waals surface area contributed by atoms with E-state index < -0.39 is 16.1 Å². The summed E-state index contributed by atoms with van der Waals surface area (Å²) in [5.41, 5.74) is 2.07. The molecule has 0 N–H and O–H groups in total. The molecule has 3 rings (SSSR count). The molecule has 122 valence electrons. The second kappa shape index (κ2) is 6.06. The maximum atomic E-state index is 14.1. The molecule has 2 aromatic carbocycles. The Morgan fingerprint density at radius 3 is 2.61 bits per heavy atom. The van der Waals surface area contributed by atoms with E-state index in [9.17, 15) is 12.8 Å². The summed E-state index contributed by atoms with van der Waals surface area (Å²) in [7, 11) is -3.64. The molecule has 0 amide bonds. The van der Waals surface area contributed by atoms with Crippen molar-refractivity contribution in [2.24, 2.45) is 0 Å². The number of benzene rings is 2. The third kappa shape index (κ3) is 2.91. The van der Waals surface area contributed by atoms with Gasteiger partial charge in [0.2, 0.25) is 10.0 Å². The zero-order valence-electron chi connectivity index (χ0n) is 13.3. The molecule has 3 nitrogen and oxygen atoms in total. The molecule has 2 aromatic rings. The molecule has 23 heavy (non-hydrogen) atoms. The molecule has 1 aliphatic heterocycles. The molecule has 0 saturated carbocycles. The zero-order valence-corrected chi connectivity index (χ0v) is 14.1. The summed E-state index contributed by atoms with van der Waals surface area (Å²) in [4.78, 5) is 0.320. The molecule has 0 aromatic heterocycles. The monoisotopic (exact) mass is 333 g/mol. The van der Waals surface area contributed by atoms with Crippen LogP contribution in [0.15, 0.2) is 47.4 Å². The number of aryl methyl sites for hydroxylation is 2. The van der Waals surface area contributed by atoms with Crippen LogP contribution in [0.3, 0.4) is 0 Å².